The van der Waals surface area contributed by atoms with Crippen LogP contribution in [0.2, 0.25) is 0 Å². The molecular formula is C23H30N2O3. The topological polar surface area (TPSA) is 67.4 Å². The van der Waals surface area contributed by atoms with Gasteiger partial charge in [-0.3, -0.25) is 9.59 Å². The number of methoxy groups -OCH3 is 1. The molecule has 0 fully saturated rings. The molecule has 0 aliphatic carbocycles. The summed E-state index contributed by atoms with van der Waals surface area (Å²) in [6.45, 7) is 9.96. The lowest BCUT2D eigenvalue weighted by atomic mass is 9.96. The molecule has 150 valence electrons. The van der Waals surface area contributed by atoms with Crippen molar-refractivity contribution in [3.8, 4) is 5.75 Å². The van der Waals surface area contributed by atoms with Crippen molar-refractivity contribution < 1.29 is 14.3 Å². The molecule has 0 spiro atoms. The maximum Gasteiger partial charge on any atom is 0.255 e. The Morgan fingerprint density at radius 3 is 2.32 bits per heavy atom. The Kier molecular flexibility index (Phi) is 7.21. The number of nitrogens with one attached hydrogen (secondary N) is 2. The zero-order valence-corrected chi connectivity index (χ0v) is 17.6. The van der Waals surface area contributed by atoms with Crippen molar-refractivity contribution in [3.05, 3.63) is 58.7 Å². The molecule has 1 atom stereocenters. The van der Waals surface area contributed by atoms with Gasteiger partial charge in [0.15, 0.2) is 0 Å². The zero-order valence-electron chi connectivity index (χ0n) is 17.6. The first-order chi connectivity index (χ1) is 13.3. The summed E-state index contributed by atoms with van der Waals surface area (Å²) in [5.74, 6) is 0.554. The molecule has 2 amide bonds. The monoisotopic (exact) mass is 382 g/mol. The highest BCUT2D eigenvalue weighted by atomic mass is 16.5. The highest BCUT2D eigenvalue weighted by Gasteiger charge is 2.19. The van der Waals surface area contributed by atoms with Crippen LogP contribution in [0.25, 0.3) is 0 Å². The first kappa shape index (κ1) is 21.5. The van der Waals surface area contributed by atoms with E-state index in [-0.39, 0.29) is 23.8 Å². The van der Waals surface area contributed by atoms with E-state index in [1.807, 2.05) is 32.9 Å². The average molecular weight is 383 g/mol. The smallest absolute Gasteiger partial charge is 0.255 e. The van der Waals surface area contributed by atoms with Crippen molar-refractivity contribution in [2.75, 3.05) is 12.4 Å². The Balaban J connectivity index is 2.34. The first-order valence-corrected chi connectivity index (χ1v) is 9.68. The lowest BCUT2D eigenvalue weighted by molar-refractivity contribution is 0.0940. The van der Waals surface area contributed by atoms with Crippen molar-refractivity contribution in [1.82, 2.24) is 5.32 Å². The minimum absolute atomic E-state index is 0.0636. The van der Waals surface area contributed by atoms with Gasteiger partial charge in [0.25, 0.3) is 11.8 Å². The van der Waals surface area contributed by atoms with Crippen LogP contribution in [0.3, 0.4) is 0 Å². The van der Waals surface area contributed by atoms with Crippen molar-refractivity contribution in [1.29, 1.82) is 0 Å². The molecule has 0 radical (unpaired) electrons. The summed E-state index contributed by atoms with van der Waals surface area (Å²) in [7, 11) is 1.63. The Labute approximate surface area is 167 Å². The lowest BCUT2D eigenvalue weighted by Crippen LogP contribution is -2.32. The van der Waals surface area contributed by atoms with Gasteiger partial charge < -0.3 is 15.4 Å². The number of benzene rings is 2. The van der Waals surface area contributed by atoms with E-state index in [1.54, 1.807) is 31.4 Å². The molecule has 0 unspecified atom stereocenters. The van der Waals surface area contributed by atoms with E-state index in [9.17, 15) is 9.59 Å². The fourth-order valence-electron chi connectivity index (χ4n) is 2.95. The van der Waals surface area contributed by atoms with Crippen LogP contribution in [0, 0.1) is 6.92 Å². The van der Waals surface area contributed by atoms with Gasteiger partial charge in [-0.1, -0.05) is 32.9 Å². The van der Waals surface area contributed by atoms with E-state index in [0.29, 0.717) is 16.8 Å². The van der Waals surface area contributed by atoms with Gasteiger partial charge >= 0.3 is 0 Å². The summed E-state index contributed by atoms with van der Waals surface area (Å²) in [5, 5.41) is 5.85. The Morgan fingerprint density at radius 2 is 1.71 bits per heavy atom. The van der Waals surface area contributed by atoms with E-state index < -0.39 is 0 Å². The van der Waals surface area contributed by atoms with Gasteiger partial charge in [-0.2, -0.15) is 0 Å². The van der Waals surface area contributed by atoms with Crippen LogP contribution in [0.15, 0.2) is 36.4 Å². The quantitative estimate of drug-likeness (QED) is 0.715. The predicted molar refractivity (Wildman–Crippen MR) is 113 cm³/mol. The van der Waals surface area contributed by atoms with Crippen LogP contribution in [0.1, 0.15) is 71.9 Å². The van der Waals surface area contributed by atoms with E-state index in [1.165, 1.54) is 0 Å². The SMILES string of the molecule is CC[C@H](C)NC(=O)c1ccccc1NC(=O)c1cc(C(C)C)c(OC)cc1C. The molecular weight excluding hydrogens is 352 g/mol. The molecule has 5 heteroatoms. The van der Waals surface area contributed by atoms with Gasteiger partial charge in [0, 0.05) is 11.6 Å². The Morgan fingerprint density at radius 1 is 1.04 bits per heavy atom. The third kappa shape index (κ3) is 4.91. The molecule has 0 aliphatic heterocycles. The molecule has 2 rings (SSSR count). The summed E-state index contributed by atoms with van der Waals surface area (Å²) in [6.07, 6.45) is 0.837. The number of hydrogen-bond donors (Lipinski definition) is 2. The van der Waals surface area contributed by atoms with Crippen LogP contribution >= 0.6 is 0 Å². The van der Waals surface area contributed by atoms with Gasteiger partial charge in [0.05, 0.1) is 18.4 Å². The third-order valence-corrected chi connectivity index (χ3v) is 4.85. The van der Waals surface area contributed by atoms with E-state index >= 15 is 0 Å². The van der Waals surface area contributed by atoms with Crippen LogP contribution in [0.4, 0.5) is 5.69 Å². The molecule has 0 saturated heterocycles. The summed E-state index contributed by atoms with van der Waals surface area (Å²) >= 11 is 0. The maximum atomic E-state index is 13.0. The predicted octanol–water partition coefficient (Wildman–Crippen LogP) is 4.91. The average Bonchev–Trinajstić information content (AvgIpc) is 2.67. The molecule has 0 aromatic heterocycles. The van der Waals surface area contributed by atoms with Crippen LogP contribution in [0.5, 0.6) is 5.75 Å². The summed E-state index contributed by atoms with van der Waals surface area (Å²) in [6, 6.07) is 10.9. The molecule has 0 heterocycles. The molecule has 0 aliphatic rings. The van der Waals surface area contributed by atoms with Gasteiger partial charge in [0.1, 0.15) is 5.75 Å². The van der Waals surface area contributed by atoms with E-state index in [2.05, 4.69) is 24.5 Å². The van der Waals surface area contributed by atoms with Crippen molar-refractivity contribution in [3.63, 3.8) is 0 Å². The number of carbonyl (C=O) groups is 2. The van der Waals surface area contributed by atoms with Crippen molar-refractivity contribution in [2.24, 2.45) is 0 Å². The highest BCUT2D eigenvalue weighted by Crippen LogP contribution is 2.30. The van der Waals surface area contributed by atoms with E-state index in [0.717, 1.165) is 23.3 Å². The van der Waals surface area contributed by atoms with Gasteiger partial charge in [-0.05, 0) is 61.6 Å². The number of amides is 2. The number of ether oxygens (including phenoxy) is 1. The second-order valence-electron chi connectivity index (χ2n) is 7.35. The minimum Gasteiger partial charge on any atom is -0.496 e. The minimum atomic E-state index is -0.245. The fourth-order valence-corrected chi connectivity index (χ4v) is 2.95. The second-order valence-corrected chi connectivity index (χ2v) is 7.35. The molecule has 28 heavy (non-hydrogen) atoms. The first-order valence-electron chi connectivity index (χ1n) is 9.68. The summed E-state index contributed by atoms with van der Waals surface area (Å²) in [5.41, 5.74) is 3.31. The molecule has 2 aromatic rings. The molecule has 2 aromatic carbocycles. The summed E-state index contributed by atoms with van der Waals surface area (Å²) < 4.78 is 5.45. The largest absolute Gasteiger partial charge is 0.496 e. The number of carbonyl (C=O) groups excluding carboxylic acids is 2. The van der Waals surface area contributed by atoms with E-state index in [4.69, 9.17) is 4.74 Å². The number of rotatable bonds is 7. The number of para-hydroxylation sites is 1. The van der Waals surface area contributed by atoms with Gasteiger partial charge in [0.2, 0.25) is 0 Å². The maximum absolute atomic E-state index is 13.0. The standard InChI is InChI=1S/C23H30N2O3/c1-7-16(5)24-22(26)17-10-8-9-11-20(17)25-23(27)19-13-18(14(2)3)21(28-6)12-15(19)4/h8-14,16H,7H2,1-6H3,(H,24,26)(H,25,27)/t16-/m0/s1. The van der Waals surface area contributed by atoms with Gasteiger partial charge in [-0.25, -0.2) is 0 Å². The van der Waals surface area contributed by atoms with Gasteiger partial charge in [-0.15, -0.1) is 0 Å². The number of hydrogen-bond acceptors (Lipinski definition) is 3. The molecule has 5 nitrogen and oxygen atoms in total. The van der Waals surface area contributed by atoms with Crippen LogP contribution < -0.4 is 15.4 Å². The molecule has 0 bridgehead atoms. The third-order valence-electron chi connectivity index (χ3n) is 4.85. The number of aryl methyl sites for hydroxylation is 1. The molecule has 0 saturated carbocycles. The van der Waals surface area contributed by atoms with Crippen molar-refractivity contribution >= 4 is 17.5 Å². The fraction of sp³-hybridized carbons (Fsp3) is 0.391. The lowest BCUT2D eigenvalue weighted by Gasteiger charge is -2.17. The van der Waals surface area contributed by atoms with Crippen LogP contribution in [-0.2, 0) is 0 Å². The van der Waals surface area contributed by atoms with Crippen molar-refractivity contribution in [2.45, 2.75) is 53.0 Å². The molecule has 2 N–H and O–H groups in total. The number of anilines is 1. The normalized spacial score (nSPS) is 11.8. The highest BCUT2D eigenvalue weighted by molar-refractivity contribution is 6.09. The van der Waals surface area contributed by atoms with Crippen LogP contribution in [-0.4, -0.2) is 25.0 Å². The zero-order chi connectivity index (χ0) is 20.8. The Hall–Kier alpha value is -2.82. The second kappa shape index (κ2) is 9.40. The Bertz CT molecular complexity index is 859. The summed E-state index contributed by atoms with van der Waals surface area (Å²) in [4.78, 5) is 25.5.